The van der Waals surface area contributed by atoms with Gasteiger partial charge in [0.1, 0.15) is 6.54 Å². The predicted octanol–water partition coefficient (Wildman–Crippen LogP) is -0.148. The number of H-pyrrole nitrogens is 1. The van der Waals surface area contributed by atoms with E-state index in [4.69, 9.17) is 4.52 Å². The smallest absolute Gasteiger partial charge is 0.328 e. The number of hydrogen-bond donors (Lipinski definition) is 1. The van der Waals surface area contributed by atoms with E-state index in [2.05, 4.69) is 27.1 Å². The maximum atomic E-state index is 11.6. The van der Waals surface area contributed by atoms with Gasteiger partial charge in [-0.15, -0.1) is 0 Å². The maximum Gasteiger partial charge on any atom is 0.328 e. The number of aromatic amines is 1. The highest BCUT2D eigenvalue weighted by molar-refractivity contribution is 4.92. The summed E-state index contributed by atoms with van der Waals surface area (Å²) in [5.74, 6) is 1.64. The Kier molecular flexibility index (Phi) is 4.19. The monoisotopic (exact) mass is 305 g/mol. The van der Waals surface area contributed by atoms with Crippen LogP contribution in [0.3, 0.4) is 0 Å². The highest BCUT2D eigenvalue weighted by atomic mass is 16.5. The SMILES string of the molecule is CN1CCC(Cc2noc(Cn3ccc(=O)[nH]c3=O)n2)CC1. The molecule has 1 aliphatic rings. The first kappa shape index (κ1) is 14.7. The molecule has 1 fully saturated rings. The van der Waals surface area contributed by atoms with Gasteiger partial charge in [-0.05, 0) is 38.9 Å². The molecule has 8 heteroatoms. The molecule has 1 N–H and O–H groups in total. The summed E-state index contributed by atoms with van der Waals surface area (Å²) >= 11 is 0. The molecule has 2 aromatic rings. The first-order chi connectivity index (χ1) is 10.6. The van der Waals surface area contributed by atoms with E-state index in [-0.39, 0.29) is 6.54 Å². The largest absolute Gasteiger partial charge is 0.337 e. The normalized spacial score (nSPS) is 17.0. The topological polar surface area (TPSA) is 97.0 Å². The van der Waals surface area contributed by atoms with E-state index in [1.807, 2.05) is 0 Å². The van der Waals surface area contributed by atoms with Crippen LogP contribution in [0.15, 0.2) is 26.4 Å². The lowest BCUT2D eigenvalue weighted by molar-refractivity contribution is 0.216. The third-order valence-corrected chi connectivity index (χ3v) is 4.02. The second kappa shape index (κ2) is 6.27. The lowest BCUT2D eigenvalue weighted by Crippen LogP contribution is -2.31. The van der Waals surface area contributed by atoms with Gasteiger partial charge < -0.3 is 9.42 Å². The van der Waals surface area contributed by atoms with Gasteiger partial charge in [0.05, 0.1) is 0 Å². The molecule has 0 spiro atoms. The molecule has 22 heavy (non-hydrogen) atoms. The maximum absolute atomic E-state index is 11.6. The Bertz CT molecular complexity index is 739. The second-order valence-corrected chi connectivity index (χ2v) is 5.79. The average Bonchev–Trinajstić information content (AvgIpc) is 2.92. The van der Waals surface area contributed by atoms with E-state index in [9.17, 15) is 9.59 Å². The molecule has 1 aliphatic heterocycles. The number of piperidine rings is 1. The molecular weight excluding hydrogens is 286 g/mol. The van der Waals surface area contributed by atoms with Gasteiger partial charge in [0.15, 0.2) is 5.82 Å². The molecule has 0 aliphatic carbocycles. The summed E-state index contributed by atoms with van der Waals surface area (Å²) in [6, 6.07) is 1.29. The van der Waals surface area contributed by atoms with Gasteiger partial charge in [-0.2, -0.15) is 4.98 Å². The molecule has 0 unspecified atom stereocenters. The average molecular weight is 305 g/mol. The second-order valence-electron chi connectivity index (χ2n) is 5.79. The van der Waals surface area contributed by atoms with Crippen LogP contribution in [-0.4, -0.2) is 44.7 Å². The van der Waals surface area contributed by atoms with Crippen LogP contribution in [0.1, 0.15) is 24.6 Å². The van der Waals surface area contributed by atoms with E-state index >= 15 is 0 Å². The minimum absolute atomic E-state index is 0.163. The molecule has 8 nitrogen and oxygen atoms in total. The molecule has 0 atom stereocenters. The quantitative estimate of drug-likeness (QED) is 0.844. The number of likely N-dealkylation sites (tertiary alicyclic amines) is 1. The minimum Gasteiger partial charge on any atom is -0.337 e. The molecule has 2 aromatic heterocycles. The van der Waals surface area contributed by atoms with Gasteiger partial charge in [-0.3, -0.25) is 14.3 Å². The van der Waals surface area contributed by atoms with Gasteiger partial charge in [0, 0.05) is 18.7 Å². The molecular formula is C14H19N5O3. The van der Waals surface area contributed by atoms with E-state index in [0.29, 0.717) is 17.6 Å². The van der Waals surface area contributed by atoms with E-state index in [1.165, 1.54) is 16.8 Å². The van der Waals surface area contributed by atoms with Crippen molar-refractivity contribution in [3.05, 3.63) is 44.8 Å². The van der Waals surface area contributed by atoms with Crippen LogP contribution in [0, 0.1) is 5.92 Å². The standard InChI is InChI=1S/C14H19N5O3/c1-18-5-2-10(3-6-18)8-11-15-13(22-17-11)9-19-7-4-12(20)16-14(19)21/h4,7,10H,2-3,5-6,8-9H2,1H3,(H,16,20,21). The summed E-state index contributed by atoms with van der Waals surface area (Å²) < 4.78 is 6.52. The molecule has 3 rings (SSSR count). The predicted molar refractivity (Wildman–Crippen MR) is 78.6 cm³/mol. The highest BCUT2D eigenvalue weighted by Gasteiger charge is 2.19. The third-order valence-electron chi connectivity index (χ3n) is 4.02. The van der Waals surface area contributed by atoms with E-state index in [0.717, 1.165) is 32.4 Å². The molecule has 118 valence electrons. The van der Waals surface area contributed by atoms with Gasteiger partial charge >= 0.3 is 5.69 Å². The Morgan fingerprint density at radius 1 is 1.36 bits per heavy atom. The molecule has 0 bridgehead atoms. The number of hydrogen-bond acceptors (Lipinski definition) is 6. The lowest BCUT2D eigenvalue weighted by Gasteiger charge is -2.27. The number of aromatic nitrogens is 4. The molecule has 0 saturated carbocycles. The molecule has 0 radical (unpaired) electrons. The number of nitrogens with one attached hydrogen (secondary N) is 1. The first-order valence-corrected chi connectivity index (χ1v) is 7.40. The van der Waals surface area contributed by atoms with Crippen molar-refractivity contribution in [1.82, 2.24) is 24.6 Å². The Morgan fingerprint density at radius 2 is 2.14 bits per heavy atom. The third kappa shape index (κ3) is 3.51. The van der Waals surface area contributed by atoms with Crippen molar-refractivity contribution in [2.24, 2.45) is 5.92 Å². The summed E-state index contributed by atoms with van der Waals surface area (Å²) in [5.41, 5.74) is -0.905. The van der Waals surface area contributed by atoms with Crippen molar-refractivity contribution < 1.29 is 4.52 Å². The summed E-state index contributed by atoms with van der Waals surface area (Å²) in [6.07, 6.45) is 4.50. The Labute approximate surface area is 126 Å². The number of nitrogens with zero attached hydrogens (tertiary/aromatic N) is 4. The molecule has 1 saturated heterocycles. The highest BCUT2D eigenvalue weighted by Crippen LogP contribution is 2.19. The minimum atomic E-state index is -0.484. The van der Waals surface area contributed by atoms with Gasteiger partial charge in [0.2, 0.25) is 5.89 Å². The fourth-order valence-electron chi connectivity index (χ4n) is 2.68. The van der Waals surface area contributed by atoms with Crippen LogP contribution in [0.4, 0.5) is 0 Å². The Balaban J connectivity index is 1.63. The zero-order chi connectivity index (χ0) is 15.5. The van der Waals surface area contributed by atoms with Gasteiger partial charge in [0.25, 0.3) is 5.56 Å². The van der Waals surface area contributed by atoms with Crippen molar-refractivity contribution in [1.29, 1.82) is 0 Å². The summed E-state index contributed by atoms with van der Waals surface area (Å²) in [6.45, 7) is 2.36. The lowest BCUT2D eigenvalue weighted by atomic mass is 9.94. The van der Waals surface area contributed by atoms with Crippen molar-refractivity contribution >= 4 is 0 Å². The zero-order valence-corrected chi connectivity index (χ0v) is 12.5. The fourth-order valence-corrected chi connectivity index (χ4v) is 2.68. The van der Waals surface area contributed by atoms with Crippen LogP contribution < -0.4 is 11.2 Å². The Hall–Kier alpha value is -2.22. The van der Waals surface area contributed by atoms with E-state index < -0.39 is 11.2 Å². The first-order valence-electron chi connectivity index (χ1n) is 7.40. The van der Waals surface area contributed by atoms with Crippen molar-refractivity contribution in [2.45, 2.75) is 25.8 Å². The Morgan fingerprint density at radius 3 is 2.86 bits per heavy atom. The van der Waals surface area contributed by atoms with Gasteiger partial charge in [-0.1, -0.05) is 5.16 Å². The molecule has 3 heterocycles. The van der Waals surface area contributed by atoms with Crippen LogP contribution in [0.2, 0.25) is 0 Å². The molecule has 0 aromatic carbocycles. The summed E-state index contributed by atoms with van der Waals surface area (Å²) in [7, 11) is 2.13. The fraction of sp³-hybridized carbons (Fsp3) is 0.571. The van der Waals surface area contributed by atoms with Crippen LogP contribution in [0.25, 0.3) is 0 Å². The van der Waals surface area contributed by atoms with E-state index in [1.54, 1.807) is 0 Å². The van der Waals surface area contributed by atoms with Crippen LogP contribution >= 0.6 is 0 Å². The van der Waals surface area contributed by atoms with Crippen molar-refractivity contribution in [3.8, 4) is 0 Å². The van der Waals surface area contributed by atoms with Crippen LogP contribution in [0.5, 0.6) is 0 Å². The summed E-state index contributed by atoms with van der Waals surface area (Å²) in [5, 5.41) is 3.99. The van der Waals surface area contributed by atoms with Crippen molar-refractivity contribution in [2.75, 3.05) is 20.1 Å². The van der Waals surface area contributed by atoms with Crippen LogP contribution in [-0.2, 0) is 13.0 Å². The number of rotatable bonds is 4. The molecule has 0 amide bonds. The van der Waals surface area contributed by atoms with Crippen molar-refractivity contribution in [3.63, 3.8) is 0 Å². The summed E-state index contributed by atoms with van der Waals surface area (Å²) in [4.78, 5) is 31.5. The van der Waals surface area contributed by atoms with Gasteiger partial charge in [-0.25, -0.2) is 4.79 Å². The zero-order valence-electron chi connectivity index (χ0n) is 12.5.